The summed E-state index contributed by atoms with van der Waals surface area (Å²) in [6, 6.07) is 14.7. The van der Waals surface area contributed by atoms with Crippen LogP contribution in [0.5, 0.6) is 0 Å². The number of hydrogen-bond donors (Lipinski definition) is 1. The molecular formula is C18H19N3S2. The van der Waals surface area contributed by atoms with Crippen LogP contribution in [0.2, 0.25) is 0 Å². The van der Waals surface area contributed by atoms with Crippen LogP contribution in [0.1, 0.15) is 30.9 Å². The number of nitrogens with one attached hydrogen (secondary N) is 1. The zero-order chi connectivity index (χ0) is 16.1. The predicted octanol–water partition coefficient (Wildman–Crippen LogP) is 5.70. The Morgan fingerprint density at radius 2 is 1.91 bits per heavy atom. The largest absolute Gasteiger partial charge is 0.316 e. The van der Waals surface area contributed by atoms with Gasteiger partial charge < -0.3 is 5.32 Å². The summed E-state index contributed by atoms with van der Waals surface area (Å²) >= 11 is 3.47. The molecule has 3 rings (SSSR count). The van der Waals surface area contributed by atoms with E-state index in [2.05, 4.69) is 53.4 Å². The van der Waals surface area contributed by atoms with Crippen LogP contribution in [-0.4, -0.2) is 9.97 Å². The zero-order valence-electron chi connectivity index (χ0n) is 13.2. The van der Waals surface area contributed by atoms with Gasteiger partial charge in [0, 0.05) is 11.9 Å². The zero-order valence-corrected chi connectivity index (χ0v) is 14.8. The first-order valence-corrected chi connectivity index (χ1v) is 9.36. The van der Waals surface area contributed by atoms with Gasteiger partial charge in [0.2, 0.25) is 0 Å². The van der Waals surface area contributed by atoms with E-state index in [0.717, 1.165) is 16.7 Å². The number of aromatic nitrogens is 2. The van der Waals surface area contributed by atoms with E-state index >= 15 is 0 Å². The minimum absolute atomic E-state index is 0.582. The Bertz CT molecular complexity index is 736. The van der Waals surface area contributed by atoms with E-state index in [1.807, 2.05) is 36.2 Å². The van der Waals surface area contributed by atoms with Crippen molar-refractivity contribution in [3.05, 3.63) is 66.0 Å². The van der Waals surface area contributed by atoms with E-state index in [4.69, 9.17) is 0 Å². The van der Waals surface area contributed by atoms with Gasteiger partial charge in [-0.15, -0.1) is 11.8 Å². The summed E-state index contributed by atoms with van der Waals surface area (Å²) in [6.07, 6.45) is 3.69. The van der Waals surface area contributed by atoms with Crippen LogP contribution in [-0.2, 0) is 5.75 Å². The minimum atomic E-state index is 0.582. The maximum absolute atomic E-state index is 4.41. The monoisotopic (exact) mass is 341 g/mol. The van der Waals surface area contributed by atoms with Crippen molar-refractivity contribution in [1.29, 1.82) is 0 Å². The van der Waals surface area contributed by atoms with Gasteiger partial charge in [-0.25, -0.2) is 9.97 Å². The third-order valence-corrected chi connectivity index (χ3v) is 5.59. The van der Waals surface area contributed by atoms with Gasteiger partial charge in [-0.05, 0) is 29.2 Å². The Labute approximate surface area is 145 Å². The summed E-state index contributed by atoms with van der Waals surface area (Å²) in [5, 5.41) is 4.10. The number of hydrogen-bond acceptors (Lipinski definition) is 5. The van der Waals surface area contributed by atoms with Crippen LogP contribution in [0.25, 0.3) is 0 Å². The molecule has 0 bridgehead atoms. The van der Waals surface area contributed by atoms with Crippen molar-refractivity contribution in [2.75, 3.05) is 5.32 Å². The topological polar surface area (TPSA) is 37.8 Å². The van der Waals surface area contributed by atoms with Gasteiger partial charge in [0.1, 0.15) is 5.82 Å². The second-order valence-electron chi connectivity index (χ2n) is 5.51. The van der Waals surface area contributed by atoms with Gasteiger partial charge in [0.05, 0.1) is 10.4 Å². The van der Waals surface area contributed by atoms with Crippen LogP contribution < -0.4 is 5.32 Å². The van der Waals surface area contributed by atoms with Gasteiger partial charge in [0.25, 0.3) is 0 Å². The molecule has 0 saturated carbocycles. The van der Waals surface area contributed by atoms with E-state index < -0.39 is 0 Å². The Hall–Kier alpha value is -1.85. The fourth-order valence-corrected chi connectivity index (χ4v) is 3.92. The Morgan fingerprint density at radius 1 is 1.09 bits per heavy atom. The third kappa shape index (κ3) is 4.56. The molecule has 0 aliphatic heterocycles. The van der Waals surface area contributed by atoms with E-state index in [0.29, 0.717) is 5.92 Å². The van der Waals surface area contributed by atoms with E-state index in [9.17, 15) is 0 Å². The normalized spacial score (nSPS) is 10.9. The lowest BCUT2D eigenvalue weighted by Crippen LogP contribution is -1.90. The standard InChI is InChI=1S/C18H19N3S2/c1-13(2)15-8-6-14(7-9-15)12-22-17-11-20-18(23-17)21-16-5-3-4-10-19-16/h3-11,13H,12H2,1-2H3,(H,19,20,21). The van der Waals surface area contributed by atoms with Crippen LogP contribution in [0.15, 0.2) is 59.1 Å². The van der Waals surface area contributed by atoms with Gasteiger partial charge in [-0.1, -0.05) is 55.5 Å². The number of thioether (sulfide) groups is 1. The molecule has 1 N–H and O–H groups in total. The predicted molar refractivity (Wildman–Crippen MR) is 99.7 cm³/mol. The van der Waals surface area contributed by atoms with Crippen LogP contribution in [0.4, 0.5) is 10.9 Å². The number of rotatable bonds is 6. The molecule has 3 nitrogen and oxygen atoms in total. The number of thiazole rings is 1. The van der Waals surface area contributed by atoms with Crippen LogP contribution in [0, 0.1) is 0 Å². The van der Waals surface area contributed by atoms with Crippen LogP contribution >= 0.6 is 23.1 Å². The van der Waals surface area contributed by atoms with Gasteiger partial charge in [-0.2, -0.15) is 0 Å². The highest BCUT2D eigenvalue weighted by molar-refractivity contribution is 8.00. The molecule has 118 valence electrons. The average molecular weight is 342 g/mol. The first-order valence-electron chi connectivity index (χ1n) is 7.56. The molecule has 23 heavy (non-hydrogen) atoms. The second kappa shape index (κ2) is 7.62. The Kier molecular flexibility index (Phi) is 5.31. The summed E-state index contributed by atoms with van der Waals surface area (Å²) in [5.74, 6) is 2.37. The number of anilines is 2. The third-order valence-electron chi connectivity index (χ3n) is 3.41. The molecule has 0 saturated heterocycles. The van der Waals surface area contributed by atoms with Crippen molar-refractivity contribution >= 4 is 34.0 Å². The summed E-state index contributed by atoms with van der Waals surface area (Å²) in [4.78, 5) is 8.66. The SMILES string of the molecule is CC(C)c1ccc(CSc2cnc(Nc3ccccn3)s2)cc1. The Balaban J connectivity index is 1.56. The molecule has 0 fully saturated rings. The summed E-state index contributed by atoms with van der Waals surface area (Å²) in [5.41, 5.74) is 2.73. The van der Waals surface area contributed by atoms with E-state index in [1.54, 1.807) is 17.5 Å². The molecule has 1 aromatic carbocycles. The molecule has 2 heterocycles. The molecule has 5 heteroatoms. The lowest BCUT2D eigenvalue weighted by atomic mass is 10.0. The molecule has 2 aromatic heterocycles. The highest BCUT2D eigenvalue weighted by atomic mass is 32.2. The molecule has 0 radical (unpaired) electrons. The number of benzene rings is 1. The van der Waals surface area contributed by atoms with Gasteiger partial charge in [0.15, 0.2) is 5.13 Å². The maximum atomic E-state index is 4.41. The van der Waals surface area contributed by atoms with E-state index in [-0.39, 0.29) is 0 Å². The van der Waals surface area contributed by atoms with Crippen molar-refractivity contribution in [3.8, 4) is 0 Å². The maximum Gasteiger partial charge on any atom is 0.189 e. The highest BCUT2D eigenvalue weighted by Crippen LogP contribution is 2.32. The smallest absolute Gasteiger partial charge is 0.189 e. The molecule has 0 unspecified atom stereocenters. The van der Waals surface area contributed by atoms with Crippen molar-refractivity contribution in [2.45, 2.75) is 29.7 Å². The quantitative estimate of drug-likeness (QED) is 0.584. The van der Waals surface area contributed by atoms with Crippen molar-refractivity contribution in [1.82, 2.24) is 9.97 Å². The van der Waals surface area contributed by atoms with Crippen molar-refractivity contribution in [2.24, 2.45) is 0 Å². The fraction of sp³-hybridized carbons (Fsp3) is 0.222. The average Bonchev–Trinajstić information content (AvgIpc) is 3.02. The molecule has 3 aromatic rings. The summed E-state index contributed by atoms with van der Waals surface area (Å²) in [6.45, 7) is 4.44. The van der Waals surface area contributed by atoms with E-state index in [1.165, 1.54) is 15.3 Å². The van der Waals surface area contributed by atoms with Crippen molar-refractivity contribution in [3.63, 3.8) is 0 Å². The fourth-order valence-electron chi connectivity index (χ4n) is 2.08. The minimum Gasteiger partial charge on any atom is -0.316 e. The van der Waals surface area contributed by atoms with Crippen molar-refractivity contribution < 1.29 is 0 Å². The number of pyridine rings is 1. The Morgan fingerprint density at radius 3 is 2.61 bits per heavy atom. The number of nitrogens with zero attached hydrogens (tertiary/aromatic N) is 2. The molecule has 0 spiro atoms. The lowest BCUT2D eigenvalue weighted by molar-refractivity contribution is 0.866. The molecule has 0 aliphatic rings. The van der Waals surface area contributed by atoms with Gasteiger partial charge in [-0.3, -0.25) is 0 Å². The molecular weight excluding hydrogens is 322 g/mol. The highest BCUT2D eigenvalue weighted by Gasteiger charge is 2.05. The van der Waals surface area contributed by atoms with Gasteiger partial charge >= 0.3 is 0 Å². The lowest BCUT2D eigenvalue weighted by Gasteiger charge is -2.06. The summed E-state index contributed by atoms with van der Waals surface area (Å²) in [7, 11) is 0. The van der Waals surface area contributed by atoms with Crippen LogP contribution in [0.3, 0.4) is 0 Å². The molecule has 0 atom stereocenters. The molecule has 0 amide bonds. The first kappa shape index (κ1) is 16.0. The second-order valence-corrected chi connectivity index (χ2v) is 7.82. The molecule has 0 aliphatic carbocycles. The summed E-state index contributed by atoms with van der Waals surface area (Å²) < 4.78 is 1.20. The first-order chi connectivity index (χ1) is 11.2.